The number of hydrogen-bond donors (Lipinski definition) is 2. The molecule has 0 aromatic heterocycles. The van der Waals surface area contributed by atoms with Crippen molar-refractivity contribution >= 4 is 87.7 Å². The molecule has 0 aliphatic carbocycles. The summed E-state index contributed by atoms with van der Waals surface area (Å²) < 4.78 is 96.3. The number of ketones is 2. The summed E-state index contributed by atoms with van der Waals surface area (Å²) in [6.07, 6.45) is 8.94. The van der Waals surface area contributed by atoms with Crippen molar-refractivity contribution in [2.75, 3.05) is 99.0 Å². The fourth-order valence-corrected chi connectivity index (χ4v) is 11.1. The van der Waals surface area contributed by atoms with Gasteiger partial charge in [-0.15, -0.1) is 0 Å². The first-order chi connectivity index (χ1) is 31.0. The van der Waals surface area contributed by atoms with Crippen LogP contribution in [-0.4, -0.2) is 242 Å². The molecule has 4 aliphatic heterocycles. The minimum Gasteiger partial charge on any atom is -1.00 e. The van der Waals surface area contributed by atoms with E-state index in [-0.39, 0.29) is 159 Å². The normalized spacial score (nSPS) is 20.9. The van der Waals surface area contributed by atoms with Crippen molar-refractivity contribution < 1.29 is 191 Å². The van der Waals surface area contributed by atoms with E-state index in [1.807, 2.05) is 0 Å². The van der Waals surface area contributed by atoms with Crippen LogP contribution in [0.25, 0.3) is 0 Å². The number of Topliss-reactive ketones (excluding diaryl/α,β-unsaturated/α-hetero) is 2. The number of likely N-dealkylation sites (N-methyl/N-ethyl adjacent to an activating group) is 4. The number of carbonyl (C=O) groups excluding carboxylic acids is 7. The number of nitrogens with one attached hydrogen (secondary N) is 1. The zero-order valence-corrected chi connectivity index (χ0v) is 51.6. The molecule has 0 spiro atoms. The van der Waals surface area contributed by atoms with E-state index in [0.29, 0.717) is 58.3 Å². The minimum absolute atomic E-state index is 0. The van der Waals surface area contributed by atoms with E-state index in [4.69, 9.17) is 15.2 Å². The number of piperidine rings is 4. The van der Waals surface area contributed by atoms with Gasteiger partial charge in [0.05, 0.1) is 38.1 Å². The molecule has 4 fully saturated rings. The number of nitrogens with zero attached hydrogens (tertiary/aromatic N) is 7. The van der Waals surface area contributed by atoms with Crippen LogP contribution >= 0.6 is 0 Å². The van der Waals surface area contributed by atoms with E-state index >= 15 is 0 Å². The SMILES string of the molecule is CC(=O)CN([C@H]1CCCN(C)C1=O)S(C)(=O)=O.CC(=O)CN([C@H]1CCCN(C)C1=O)S(C)(=O)=O.CN1CCC[C@H](N(CC(=O)O)S(C)(=O)=O)C1=O.CN1CCC[C@H](NS(C)(=O)=O)C1=O.O=CO[O-].[H-].[K+].[K+]. The molecule has 4 rings (SSSR count). The first-order valence-corrected chi connectivity index (χ1v) is 28.3. The van der Waals surface area contributed by atoms with Crippen molar-refractivity contribution in [1.82, 2.24) is 37.2 Å². The van der Waals surface area contributed by atoms with Gasteiger partial charge in [0.25, 0.3) is 6.47 Å². The Kier molecular flexibility index (Phi) is 35.4. The third-order valence-electron chi connectivity index (χ3n) is 10.3. The van der Waals surface area contributed by atoms with Crippen LogP contribution in [0.15, 0.2) is 0 Å². The zero-order chi connectivity index (χ0) is 53.1. The molecule has 4 saturated heterocycles. The molecular formula is C37H68K2N8O19S4. The Labute approximate surface area is 498 Å². The molecule has 0 saturated carbocycles. The van der Waals surface area contributed by atoms with Gasteiger partial charge in [-0.25, -0.2) is 38.4 Å². The summed E-state index contributed by atoms with van der Waals surface area (Å²) in [4.78, 5) is 97.1. The number of amides is 4. The molecule has 70 heavy (non-hydrogen) atoms. The fourth-order valence-electron chi connectivity index (χ4n) is 7.18. The van der Waals surface area contributed by atoms with Gasteiger partial charge in [-0.1, -0.05) is 0 Å². The summed E-state index contributed by atoms with van der Waals surface area (Å²) in [5, 5.41) is 17.1. The van der Waals surface area contributed by atoms with E-state index in [1.165, 1.54) is 28.5 Å². The van der Waals surface area contributed by atoms with E-state index in [9.17, 15) is 67.2 Å². The molecule has 4 aliphatic rings. The molecule has 4 atom stereocenters. The molecular weight excluding hydrogens is 1070 g/mol. The van der Waals surface area contributed by atoms with Crippen LogP contribution < -0.4 is 113 Å². The average molecular weight is 1140 g/mol. The first-order valence-electron chi connectivity index (χ1n) is 20.8. The monoisotopic (exact) mass is 1130 g/mol. The summed E-state index contributed by atoms with van der Waals surface area (Å²) in [6, 6.07) is -2.91. The number of likely N-dealkylation sites (tertiary alicyclic amines) is 4. The van der Waals surface area contributed by atoms with Crippen LogP contribution in [0.2, 0.25) is 0 Å². The largest absolute Gasteiger partial charge is 1.00 e. The summed E-state index contributed by atoms with van der Waals surface area (Å²) in [6.45, 7) is 3.85. The summed E-state index contributed by atoms with van der Waals surface area (Å²) >= 11 is 0. The van der Waals surface area contributed by atoms with Gasteiger partial charge in [0.1, 0.15) is 42.3 Å². The Morgan fingerprint density at radius 1 is 0.600 bits per heavy atom. The molecule has 33 heteroatoms. The molecule has 396 valence electrons. The molecule has 0 radical (unpaired) electrons. The van der Waals surface area contributed by atoms with Gasteiger partial charge in [-0.05, 0) is 65.2 Å². The average Bonchev–Trinajstić information content (AvgIpc) is 3.19. The van der Waals surface area contributed by atoms with Crippen LogP contribution in [0, 0.1) is 0 Å². The second-order valence-corrected chi connectivity index (χ2v) is 24.1. The van der Waals surface area contributed by atoms with Crippen LogP contribution in [-0.2, 0) is 83.3 Å². The van der Waals surface area contributed by atoms with Gasteiger partial charge in [0, 0.05) is 54.4 Å². The third-order valence-corrected chi connectivity index (χ3v) is 14.7. The summed E-state index contributed by atoms with van der Waals surface area (Å²) in [7, 11) is -7.55. The fraction of sp³-hybridized carbons (Fsp3) is 0.784. The van der Waals surface area contributed by atoms with Crippen molar-refractivity contribution in [3.8, 4) is 0 Å². The predicted octanol–water partition coefficient (Wildman–Crippen LogP) is -10.4. The number of aliphatic carboxylic acids is 1. The van der Waals surface area contributed by atoms with Crippen molar-refractivity contribution in [3.63, 3.8) is 0 Å². The van der Waals surface area contributed by atoms with Gasteiger partial charge in [0.15, 0.2) is 0 Å². The zero-order valence-electron chi connectivity index (χ0n) is 43.1. The van der Waals surface area contributed by atoms with Crippen LogP contribution in [0.1, 0.15) is 66.6 Å². The number of carboxylic acid groups (broad SMARTS) is 1. The number of hydrogen-bond acceptors (Lipinski definition) is 18. The van der Waals surface area contributed by atoms with Gasteiger partial charge >= 0.3 is 109 Å². The molecule has 0 unspecified atom stereocenters. The van der Waals surface area contributed by atoms with Gasteiger partial charge < -0.3 is 36.3 Å². The van der Waals surface area contributed by atoms with Gasteiger partial charge in [-0.2, -0.15) is 12.9 Å². The van der Waals surface area contributed by atoms with Gasteiger partial charge in [0.2, 0.25) is 63.7 Å². The van der Waals surface area contributed by atoms with E-state index < -0.39 is 76.8 Å². The number of sulfonamides is 4. The standard InChI is InChI=1S/2C10H18N2O4S.C9H16N2O5S.C7H14N2O3S.CH2O3.2K.H/c2*1-8(13)7-12(17(3,15)16)9-5-4-6-11(2)10(9)14;1-10-5-3-4-7(9(10)14)11(6-8(12)13)17(2,15)16;1-9-5-3-4-6(7(9)10)8-13(2,11)12;2-1-4-3;;;/h2*9H,4-7H2,1-3H3;7H,3-6H2,1-2H3,(H,12,13);6,8H,3-5H2,1-2H3;1,3H;;;/q;;;;;2*+1;-1/p-1/t2*9-;7-;6-;;;;/m0000..../s1. The van der Waals surface area contributed by atoms with Crippen LogP contribution in [0.5, 0.6) is 0 Å². The Bertz CT molecular complexity index is 2060. The van der Waals surface area contributed by atoms with Crippen molar-refractivity contribution in [2.45, 2.75) is 89.4 Å². The summed E-state index contributed by atoms with van der Waals surface area (Å²) in [5.41, 5.74) is 0. The molecule has 27 nitrogen and oxygen atoms in total. The van der Waals surface area contributed by atoms with Crippen molar-refractivity contribution in [2.24, 2.45) is 0 Å². The number of carbonyl (C=O) groups is 8. The van der Waals surface area contributed by atoms with Crippen LogP contribution in [0.4, 0.5) is 0 Å². The number of rotatable bonds is 15. The Morgan fingerprint density at radius 2 is 0.857 bits per heavy atom. The first kappa shape index (κ1) is 73.3. The second-order valence-electron chi connectivity index (χ2n) is 16.5. The molecule has 0 aromatic rings. The maximum atomic E-state index is 11.9. The molecule has 4 amide bonds. The smallest absolute Gasteiger partial charge is 1.00 e. The second kappa shape index (κ2) is 33.8. The molecule has 0 aromatic carbocycles. The number of carboxylic acids is 1. The maximum absolute atomic E-state index is 11.9. The third kappa shape index (κ3) is 27.5. The Balaban J connectivity index is -0.000000406. The Morgan fingerprint density at radius 3 is 1.09 bits per heavy atom. The van der Waals surface area contributed by atoms with E-state index in [0.717, 1.165) is 57.2 Å². The molecule has 4 heterocycles. The summed E-state index contributed by atoms with van der Waals surface area (Å²) in [5.74, 6) is -2.75. The van der Waals surface area contributed by atoms with Crippen molar-refractivity contribution in [3.05, 3.63) is 0 Å². The van der Waals surface area contributed by atoms with Crippen molar-refractivity contribution in [1.29, 1.82) is 0 Å². The van der Waals surface area contributed by atoms with E-state index in [1.54, 1.807) is 33.1 Å². The minimum atomic E-state index is -3.71. The predicted molar refractivity (Wildman–Crippen MR) is 243 cm³/mol. The van der Waals surface area contributed by atoms with Gasteiger partial charge in [-0.3, -0.25) is 38.4 Å². The topological polar surface area (TPSA) is 360 Å². The molecule has 2 N–H and O–H groups in total. The quantitative estimate of drug-likeness (QED) is 0.0665. The molecule has 0 bridgehead atoms. The van der Waals surface area contributed by atoms with Crippen LogP contribution in [0.3, 0.4) is 0 Å². The van der Waals surface area contributed by atoms with E-state index in [2.05, 4.69) is 9.61 Å². The Hall–Kier alpha value is -0.967. The maximum Gasteiger partial charge on any atom is 1.00 e.